The van der Waals surface area contributed by atoms with E-state index in [1.54, 1.807) is 6.20 Å². The molecule has 8 atom stereocenters. The molecule has 0 radical (unpaired) electrons. The van der Waals surface area contributed by atoms with Crippen molar-refractivity contribution < 1.29 is 18.6 Å². The predicted octanol–water partition coefficient (Wildman–Crippen LogP) is 4.57. The van der Waals surface area contributed by atoms with E-state index in [9.17, 15) is 5.11 Å². The number of aliphatic hydroxyl groups excluding tert-OH is 1. The van der Waals surface area contributed by atoms with E-state index in [4.69, 9.17) is 4.74 Å². The molecule has 7 rings (SSSR count). The van der Waals surface area contributed by atoms with Gasteiger partial charge in [-0.25, -0.2) is 8.78 Å². The van der Waals surface area contributed by atoms with Crippen molar-refractivity contribution in [1.29, 1.82) is 0 Å². The van der Waals surface area contributed by atoms with Crippen molar-refractivity contribution in [3.63, 3.8) is 0 Å². The second-order valence-electron chi connectivity index (χ2n) is 11.7. The number of pyridine rings is 1. The summed E-state index contributed by atoms with van der Waals surface area (Å²) in [6, 6.07) is 9.83. The number of ether oxygens (including phenoxy) is 1. The van der Waals surface area contributed by atoms with E-state index in [2.05, 4.69) is 26.9 Å². The maximum Gasteiger partial charge on any atom is 0.255 e. The van der Waals surface area contributed by atoms with Crippen LogP contribution in [-0.4, -0.2) is 77.3 Å². The van der Waals surface area contributed by atoms with Gasteiger partial charge < -0.3 is 9.84 Å². The Labute approximate surface area is 228 Å². The van der Waals surface area contributed by atoms with Crippen LogP contribution in [0.4, 0.5) is 8.78 Å². The Morgan fingerprint density at radius 2 is 1.51 bits per heavy atom. The van der Waals surface area contributed by atoms with Crippen LogP contribution in [-0.2, 0) is 0 Å². The fourth-order valence-corrected chi connectivity index (χ4v) is 7.78. The lowest BCUT2D eigenvalue weighted by atomic mass is 9.72. The third-order valence-electron chi connectivity index (χ3n) is 9.56. The highest BCUT2D eigenvalue weighted by atomic mass is 19.3. The van der Waals surface area contributed by atoms with Gasteiger partial charge >= 0.3 is 0 Å². The molecule has 1 N–H and O–H groups in total. The fraction of sp³-hybridized carbons (Fsp3) is 0.469. The largest absolute Gasteiger partial charge is 0.490 e. The smallest absolute Gasteiger partial charge is 0.255 e. The average Bonchev–Trinajstić information content (AvgIpc) is 3.58. The average molecular weight is 532 g/mol. The summed E-state index contributed by atoms with van der Waals surface area (Å²) in [6.45, 7) is 4.16. The van der Waals surface area contributed by atoms with Crippen LogP contribution in [0.25, 0.3) is 10.9 Å². The molecule has 1 aromatic heterocycles. The van der Waals surface area contributed by atoms with Gasteiger partial charge in [0.1, 0.15) is 18.5 Å². The summed E-state index contributed by atoms with van der Waals surface area (Å²) in [7, 11) is 0. The summed E-state index contributed by atoms with van der Waals surface area (Å²) in [5, 5.41) is 11.7. The number of nitrogens with zero attached hydrogens (tertiary/aromatic N) is 3. The highest BCUT2D eigenvalue weighted by Crippen LogP contribution is 2.68. The Bertz CT molecular complexity index is 1280. The van der Waals surface area contributed by atoms with Crippen LogP contribution in [0.1, 0.15) is 0 Å². The fourth-order valence-electron chi connectivity index (χ4n) is 7.78. The molecule has 5 unspecified atom stereocenters. The van der Waals surface area contributed by atoms with Gasteiger partial charge in [0.05, 0.1) is 5.52 Å². The zero-order valence-electron chi connectivity index (χ0n) is 21.9. The molecule has 1 aliphatic heterocycles. The lowest BCUT2D eigenvalue weighted by Gasteiger charge is -2.47. The lowest BCUT2D eigenvalue weighted by molar-refractivity contribution is 0.000487. The highest BCUT2D eigenvalue weighted by molar-refractivity contribution is 5.84. The molecule has 39 heavy (non-hydrogen) atoms. The van der Waals surface area contributed by atoms with E-state index in [0.29, 0.717) is 6.54 Å². The number of hydrogen-bond acceptors (Lipinski definition) is 5. The number of aromatic nitrogens is 1. The van der Waals surface area contributed by atoms with E-state index in [0.717, 1.165) is 42.8 Å². The van der Waals surface area contributed by atoms with Gasteiger partial charge in [0.25, 0.3) is 5.92 Å². The Kier molecular flexibility index (Phi) is 6.41. The summed E-state index contributed by atoms with van der Waals surface area (Å²) in [5.74, 6) is -3.04. The van der Waals surface area contributed by atoms with Gasteiger partial charge in [-0.05, 0) is 36.1 Å². The molecule has 1 aromatic carbocycles. The number of hydrogen-bond donors (Lipinski definition) is 1. The lowest BCUT2D eigenvalue weighted by Crippen LogP contribution is -2.57. The van der Waals surface area contributed by atoms with Gasteiger partial charge in [-0.3, -0.25) is 14.8 Å². The number of β-amino-alcohol motifs (C(OH)–C–C–N with tert-alkyl or cyclic N) is 1. The zero-order chi connectivity index (χ0) is 26.6. The molecule has 3 fully saturated rings. The molecule has 2 saturated carbocycles. The maximum absolute atomic E-state index is 15.0. The Hall–Kier alpha value is -2.87. The number of rotatable bonds is 6. The van der Waals surface area contributed by atoms with E-state index < -0.39 is 23.9 Å². The van der Waals surface area contributed by atoms with Crippen molar-refractivity contribution in [2.45, 2.75) is 18.1 Å². The molecule has 204 valence electrons. The minimum atomic E-state index is -2.58. The predicted molar refractivity (Wildman–Crippen MR) is 147 cm³/mol. The second kappa shape index (κ2) is 9.95. The van der Waals surface area contributed by atoms with Crippen LogP contribution in [0, 0.1) is 35.5 Å². The quantitative estimate of drug-likeness (QED) is 0.592. The van der Waals surface area contributed by atoms with Crippen molar-refractivity contribution >= 4 is 10.9 Å². The van der Waals surface area contributed by atoms with Crippen LogP contribution < -0.4 is 4.74 Å². The Morgan fingerprint density at radius 3 is 2.18 bits per heavy atom. The van der Waals surface area contributed by atoms with Gasteiger partial charge in [0, 0.05) is 74.0 Å². The van der Waals surface area contributed by atoms with E-state index in [1.807, 2.05) is 66.8 Å². The molecular weight excluding hydrogens is 496 g/mol. The SMILES string of the molecule is O[C@H](COc1cccc2ncccc12)CN1CCN(C2C3C=CC=CC3[C@@H]3[C@H](C4C=CC=CC42)C3(F)F)CC1. The normalized spacial score (nSPS) is 35.6. The number of fused-ring (bicyclic) bond motifs is 6. The second-order valence-corrected chi connectivity index (χ2v) is 11.7. The van der Waals surface area contributed by atoms with Crippen molar-refractivity contribution in [3.8, 4) is 5.75 Å². The van der Waals surface area contributed by atoms with Gasteiger partial charge in [-0.2, -0.15) is 0 Å². The van der Waals surface area contributed by atoms with Gasteiger partial charge in [-0.1, -0.05) is 54.7 Å². The molecule has 2 aromatic rings. The molecule has 0 spiro atoms. The molecule has 1 saturated heterocycles. The first-order valence-electron chi connectivity index (χ1n) is 14.2. The molecule has 4 aliphatic carbocycles. The number of halogens is 2. The van der Waals surface area contributed by atoms with Gasteiger partial charge in [-0.15, -0.1) is 0 Å². The van der Waals surface area contributed by atoms with Crippen molar-refractivity contribution in [1.82, 2.24) is 14.8 Å². The number of aliphatic hydroxyl groups is 1. The zero-order valence-corrected chi connectivity index (χ0v) is 21.9. The van der Waals surface area contributed by atoms with Crippen LogP contribution in [0.3, 0.4) is 0 Å². The number of allylic oxidation sites excluding steroid dienone is 6. The summed E-state index contributed by atoms with van der Waals surface area (Å²) in [4.78, 5) is 9.20. The van der Waals surface area contributed by atoms with Gasteiger partial charge in [0.15, 0.2) is 0 Å². The first kappa shape index (κ1) is 25.1. The Balaban J connectivity index is 1.00. The molecular formula is C32H35F2N3O2. The standard InChI is InChI=1S/C32H35F2N3O2/c33-32(34)29-22-7-1-3-9-24(22)31(25-10-4-2-8-23(25)30(29)32)37-17-15-36(16-18-37)19-21(38)20-39-28-13-5-12-27-26(28)11-6-14-35-27/h1-14,21-25,29-31,38H,15-20H2/t21-,22?,23?,24?,25?,29-,30+,31?/m0/s1. The van der Waals surface area contributed by atoms with Crippen LogP contribution in [0.2, 0.25) is 0 Å². The summed E-state index contributed by atoms with van der Waals surface area (Å²) < 4.78 is 36.1. The third kappa shape index (κ3) is 4.45. The maximum atomic E-state index is 15.0. The van der Waals surface area contributed by atoms with Crippen LogP contribution >= 0.6 is 0 Å². The summed E-state index contributed by atoms with van der Waals surface area (Å²) in [6.07, 6.45) is 17.6. The highest BCUT2D eigenvalue weighted by Gasteiger charge is 2.75. The monoisotopic (exact) mass is 531 g/mol. The molecule has 5 nitrogen and oxygen atoms in total. The van der Waals surface area contributed by atoms with Crippen molar-refractivity contribution in [3.05, 3.63) is 85.1 Å². The number of benzene rings is 1. The van der Waals surface area contributed by atoms with Crippen molar-refractivity contribution in [2.75, 3.05) is 39.3 Å². The molecule has 0 bridgehead atoms. The van der Waals surface area contributed by atoms with Crippen molar-refractivity contribution in [2.24, 2.45) is 35.5 Å². The first-order valence-corrected chi connectivity index (χ1v) is 14.2. The first-order chi connectivity index (χ1) is 19.0. The van der Waals surface area contributed by atoms with E-state index in [1.165, 1.54) is 0 Å². The third-order valence-corrected chi connectivity index (χ3v) is 9.56. The topological polar surface area (TPSA) is 48.8 Å². The van der Waals surface area contributed by atoms with Gasteiger partial charge in [0.2, 0.25) is 0 Å². The molecule has 5 aliphatic rings. The molecule has 0 amide bonds. The van der Waals surface area contributed by atoms with E-state index >= 15 is 8.78 Å². The number of piperazine rings is 1. The van der Waals surface area contributed by atoms with Crippen LogP contribution in [0.15, 0.2) is 85.1 Å². The molecule has 2 heterocycles. The Morgan fingerprint density at radius 1 is 0.872 bits per heavy atom. The minimum absolute atomic E-state index is 0.0859. The summed E-state index contributed by atoms with van der Waals surface area (Å²) in [5.41, 5.74) is 0.872. The molecule has 7 heteroatoms. The summed E-state index contributed by atoms with van der Waals surface area (Å²) >= 11 is 0. The minimum Gasteiger partial charge on any atom is -0.490 e. The van der Waals surface area contributed by atoms with Crippen LogP contribution in [0.5, 0.6) is 5.75 Å². The number of alkyl halides is 2. The van der Waals surface area contributed by atoms with E-state index in [-0.39, 0.29) is 36.3 Å².